The molecule has 1 aromatic heterocycles. The molecule has 0 radical (unpaired) electrons. The maximum absolute atomic E-state index is 5.77. The molecule has 2 aromatic rings. The number of hydrogen-bond donors (Lipinski definition) is 1. The molecular formula is C17H22N2OS. The van der Waals surface area contributed by atoms with Gasteiger partial charge in [0.15, 0.2) is 0 Å². The van der Waals surface area contributed by atoms with Gasteiger partial charge in [0.2, 0.25) is 0 Å². The van der Waals surface area contributed by atoms with Crippen LogP contribution >= 0.6 is 11.3 Å². The molecule has 1 aromatic carbocycles. The summed E-state index contributed by atoms with van der Waals surface area (Å²) >= 11 is 1.81. The van der Waals surface area contributed by atoms with E-state index in [0.29, 0.717) is 6.61 Å². The van der Waals surface area contributed by atoms with Crippen LogP contribution in [0.3, 0.4) is 0 Å². The van der Waals surface area contributed by atoms with Gasteiger partial charge in [-0.1, -0.05) is 17.7 Å². The molecule has 0 saturated heterocycles. The molecule has 0 spiro atoms. The molecule has 0 atom stereocenters. The molecule has 21 heavy (non-hydrogen) atoms. The fourth-order valence-corrected chi connectivity index (χ4v) is 3.18. The second-order valence-electron chi connectivity index (χ2n) is 5.68. The van der Waals surface area contributed by atoms with Crippen LogP contribution in [0.2, 0.25) is 0 Å². The van der Waals surface area contributed by atoms with Crippen LogP contribution in [0.1, 0.15) is 34.0 Å². The van der Waals surface area contributed by atoms with Gasteiger partial charge in [-0.25, -0.2) is 4.98 Å². The third-order valence-electron chi connectivity index (χ3n) is 3.67. The van der Waals surface area contributed by atoms with Crippen molar-refractivity contribution in [2.75, 3.05) is 6.61 Å². The number of aromatic nitrogens is 1. The van der Waals surface area contributed by atoms with Crippen LogP contribution in [0.15, 0.2) is 24.3 Å². The Kier molecular flexibility index (Phi) is 4.56. The van der Waals surface area contributed by atoms with Gasteiger partial charge in [-0.2, -0.15) is 0 Å². The first-order chi connectivity index (χ1) is 10.2. The maximum atomic E-state index is 5.77. The van der Waals surface area contributed by atoms with Crippen molar-refractivity contribution in [2.24, 2.45) is 0 Å². The minimum Gasteiger partial charge on any atom is -0.493 e. The Balaban J connectivity index is 1.48. The van der Waals surface area contributed by atoms with E-state index >= 15 is 0 Å². The van der Waals surface area contributed by atoms with Crippen molar-refractivity contribution >= 4 is 11.3 Å². The standard InChI is InChI=1S/C17H22N2OS/c1-12-3-7-15(8-4-12)20-10-9-17-19-13(2)16(21-17)11-18-14-5-6-14/h3-4,7-8,14,18H,5-6,9-11H2,1-2H3. The van der Waals surface area contributed by atoms with E-state index in [2.05, 4.69) is 36.3 Å². The van der Waals surface area contributed by atoms with Gasteiger partial charge in [-0.3, -0.25) is 0 Å². The summed E-state index contributed by atoms with van der Waals surface area (Å²) in [6, 6.07) is 8.94. The normalized spacial score (nSPS) is 14.4. The fourth-order valence-electron chi connectivity index (χ4n) is 2.17. The summed E-state index contributed by atoms with van der Waals surface area (Å²) in [6.07, 6.45) is 3.53. The van der Waals surface area contributed by atoms with Crippen LogP contribution in [0.4, 0.5) is 0 Å². The quantitative estimate of drug-likeness (QED) is 0.848. The van der Waals surface area contributed by atoms with Crippen molar-refractivity contribution < 1.29 is 4.74 Å². The number of aryl methyl sites for hydroxylation is 2. The van der Waals surface area contributed by atoms with Gasteiger partial charge in [-0.05, 0) is 38.8 Å². The Hall–Kier alpha value is -1.39. The van der Waals surface area contributed by atoms with E-state index in [1.165, 1.54) is 34.0 Å². The summed E-state index contributed by atoms with van der Waals surface area (Å²) in [5, 5.41) is 4.73. The summed E-state index contributed by atoms with van der Waals surface area (Å²) in [7, 11) is 0. The molecule has 0 amide bonds. The van der Waals surface area contributed by atoms with Crippen LogP contribution in [0.25, 0.3) is 0 Å². The highest BCUT2D eigenvalue weighted by Crippen LogP contribution is 2.23. The van der Waals surface area contributed by atoms with Crippen molar-refractivity contribution in [3.05, 3.63) is 45.4 Å². The Bertz CT molecular complexity index is 587. The van der Waals surface area contributed by atoms with E-state index in [1.54, 1.807) is 0 Å². The van der Waals surface area contributed by atoms with E-state index in [4.69, 9.17) is 4.74 Å². The van der Waals surface area contributed by atoms with Gasteiger partial charge in [-0.15, -0.1) is 11.3 Å². The molecule has 112 valence electrons. The molecule has 1 fully saturated rings. The number of hydrogen-bond acceptors (Lipinski definition) is 4. The highest BCUT2D eigenvalue weighted by Gasteiger charge is 2.21. The Labute approximate surface area is 130 Å². The largest absolute Gasteiger partial charge is 0.493 e. The lowest BCUT2D eigenvalue weighted by molar-refractivity contribution is 0.321. The topological polar surface area (TPSA) is 34.1 Å². The predicted octanol–water partition coefficient (Wildman–Crippen LogP) is 3.63. The molecule has 0 bridgehead atoms. The van der Waals surface area contributed by atoms with E-state index in [9.17, 15) is 0 Å². The number of nitrogens with one attached hydrogen (secondary N) is 1. The average molecular weight is 302 g/mol. The number of rotatable bonds is 7. The summed E-state index contributed by atoms with van der Waals surface area (Å²) in [6.45, 7) is 5.84. The first-order valence-electron chi connectivity index (χ1n) is 7.59. The lowest BCUT2D eigenvalue weighted by atomic mass is 10.2. The maximum Gasteiger partial charge on any atom is 0.119 e. The number of nitrogens with zero attached hydrogens (tertiary/aromatic N) is 1. The SMILES string of the molecule is Cc1ccc(OCCc2nc(C)c(CNC3CC3)s2)cc1. The number of ether oxygens (including phenoxy) is 1. The fraction of sp³-hybridized carbons (Fsp3) is 0.471. The predicted molar refractivity (Wildman–Crippen MR) is 87.1 cm³/mol. The van der Waals surface area contributed by atoms with Gasteiger partial charge >= 0.3 is 0 Å². The first-order valence-corrected chi connectivity index (χ1v) is 8.40. The van der Waals surface area contributed by atoms with E-state index in [0.717, 1.165) is 24.8 Å². The smallest absolute Gasteiger partial charge is 0.119 e. The third-order valence-corrected chi connectivity index (χ3v) is 4.89. The van der Waals surface area contributed by atoms with Gasteiger partial charge in [0.05, 0.1) is 17.3 Å². The number of thiazole rings is 1. The minimum atomic E-state index is 0.686. The van der Waals surface area contributed by atoms with Crippen LogP contribution in [-0.4, -0.2) is 17.6 Å². The molecule has 3 rings (SSSR count). The second kappa shape index (κ2) is 6.58. The molecule has 1 aliphatic rings. The Morgan fingerprint density at radius 1 is 1.24 bits per heavy atom. The summed E-state index contributed by atoms with van der Waals surface area (Å²) in [4.78, 5) is 6.02. The van der Waals surface area contributed by atoms with Crippen molar-refractivity contribution in [3.8, 4) is 5.75 Å². The summed E-state index contributed by atoms with van der Waals surface area (Å²) in [5.74, 6) is 0.935. The lowest BCUT2D eigenvalue weighted by Crippen LogP contribution is -2.14. The van der Waals surface area contributed by atoms with Crippen molar-refractivity contribution in [2.45, 2.75) is 45.7 Å². The highest BCUT2D eigenvalue weighted by molar-refractivity contribution is 7.11. The second-order valence-corrected chi connectivity index (χ2v) is 6.85. The molecule has 1 heterocycles. The van der Waals surface area contributed by atoms with Crippen molar-refractivity contribution in [1.82, 2.24) is 10.3 Å². The Morgan fingerprint density at radius 3 is 2.71 bits per heavy atom. The molecule has 3 nitrogen and oxygen atoms in total. The van der Waals surface area contributed by atoms with E-state index in [-0.39, 0.29) is 0 Å². The van der Waals surface area contributed by atoms with E-state index in [1.807, 2.05) is 23.5 Å². The van der Waals surface area contributed by atoms with Crippen LogP contribution in [0.5, 0.6) is 5.75 Å². The molecule has 1 saturated carbocycles. The Morgan fingerprint density at radius 2 is 2.00 bits per heavy atom. The third kappa shape index (κ3) is 4.29. The zero-order chi connectivity index (χ0) is 14.7. The molecular weight excluding hydrogens is 280 g/mol. The van der Waals surface area contributed by atoms with Crippen molar-refractivity contribution in [1.29, 1.82) is 0 Å². The monoisotopic (exact) mass is 302 g/mol. The van der Waals surface area contributed by atoms with Gasteiger partial charge in [0.1, 0.15) is 5.75 Å². The summed E-state index contributed by atoms with van der Waals surface area (Å²) < 4.78 is 5.77. The number of benzene rings is 1. The zero-order valence-corrected chi connectivity index (χ0v) is 13.5. The molecule has 0 unspecified atom stereocenters. The molecule has 1 aliphatic carbocycles. The molecule has 4 heteroatoms. The van der Waals surface area contributed by atoms with Gasteiger partial charge < -0.3 is 10.1 Å². The summed E-state index contributed by atoms with van der Waals surface area (Å²) in [5.41, 5.74) is 2.42. The molecule has 1 N–H and O–H groups in total. The first kappa shape index (κ1) is 14.5. The van der Waals surface area contributed by atoms with Crippen molar-refractivity contribution in [3.63, 3.8) is 0 Å². The average Bonchev–Trinajstić information content (AvgIpc) is 3.23. The van der Waals surface area contributed by atoms with E-state index < -0.39 is 0 Å². The lowest BCUT2D eigenvalue weighted by Gasteiger charge is -2.04. The van der Waals surface area contributed by atoms with Crippen LogP contribution in [0, 0.1) is 13.8 Å². The van der Waals surface area contributed by atoms with Crippen LogP contribution in [-0.2, 0) is 13.0 Å². The van der Waals surface area contributed by atoms with Crippen LogP contribution < -0.4 is 10.1 Å². The minimum absolute atomic E-state index is 0.686. The molecule has 0 aliphatic heterocycles. The van der Waals surface area contributed by atoms with Gasteiger partial charge in [0.25, 0.3) is 0 Å². The zero-order valence-electron chi connectivity index (χ0n) is 12.7. The highest BCUT2D eigenvalue weighted by atomic mass is 32.1. The van der Waals surface area contributed by atoms with Gasteiger partial charge in [0, 0.05) is 23.9 Å².